The molecule has 0 spiro atoms. The van der Waals surface area contributed by atoms with Gasteiger partial charge in [-0.15, -0.1) is 0 Å². The van der Waals surface area contributed by atoms with Gasteiger partial charge in [0.05, 0.1) is 16.6 Å². The Morgan fingerprint density at radius 3 is 2.75 bits per heavy atom. The van der Waals surface area contributed by atoms with Crippen molar-refractivity contribution in [3.63, 3.8) is 0 Å². The van der Waals surface area contributed by atoms with Crippen LogP contribution in [-0.2, 0) is 13.6 Å². The summed E-state index contributed by atoms with van der Waals surface area (Å²) in [4.78, 5) is 11.3. The number of hydrogen-bond acceptors (Lipinski definition) is 1. The van der Waals surface area contributed by atoms with Gasteiger partial charge < -0.3 is 14.2 Å². The van der Waals surface area contributed by atoms with Crippen LogP contribution < -0.4 is 0 Å². The first-order chi connectivity index (χ1) is 9.66. The molecule has 2 heterocycles. The van der Waals surface area contributed by atoms with Gasteiger partial charge in [-0.2, -0.15) is 0 Å². The van der Waals surface area contributed by atoms with E-state index in [1.807, 2.05) is 19.2 Å². The number of carbonyl (C=O) groups is 1. The zero-order valence-electron chi connectivity index (χ0n) is 11.3. The molecule has 0 saturated heterocycles. The van der Waals surface area contributed by atoms with E-state index in [4.69, 9.17) is 0 Å². The molecular formula is C16H16N2O2. The molecule has 4 heteroatoms. The predicted octanol–water partition coefficient (Wildman–Crippen LogP) is 3.24. The number of fused-ring (bicyclic) bond motifs is 3. The topological polar surface area (TPSA) is 47.2 Å². The van der Waals surface area contributed by atoms with Crippen molar-refractivity contribution >= 4 is 27.9 Å². The zero-order valence-corrected chi connectivity index (χ0v) is 11.3. The molecule has 0 unspecified atom stereocenters. The first kappa shape index (κ1) is 11.6. The minimum atomic E-state index is -0.870. The van der Waals surface area contributed by atoms with Crippen molar-refractivity contribution in [2.45, 2.75) is 19.4 Å². The molecular weight excluding hydrogens is 252 g/mol. The first-order valence-electron chi connectivity index (χ1n) is 6.97. The van der Waals surface area contributed by atoms with Crippen LogP contribution in [0.3, 0.4) is 0 Å². The molecule has 1 saturated carbocycles. The van der Waals surface area contributed by atoms with E-state index < -0.39 is 5.97 Å². The Kier molecular flexibility index (Phi) is 2.25. The van der Waals surface area contributed by atoms with E-state index in [-0.39, 0.29) is 0 Å². The highest BCUT2D eigenvalue weighted by Gasteiger charge is 2.25. The lowest BCUT2D eigenvalue weighted by Gasteiger charge is -2.04. The molecule has 0 aliphatic heterocycles. The van der Waals surface area contributed by atoms with Crippen LogP contribution in [0, 0.1) is 5.92 Å². The molecule has 102 valence electrons. The predicted molar refractivity (Wildman–Crippen MR) is 78.1 cm³/mol. The second-order valence-electron chi connectivity index (χ2n) is 5.70. The molecule has 2 aromatic heterocycles. The van der Waals surface area contributed by atoms with E-state index in [1.165, 1.54) is 18.4 Å². The number of aromatic carboxylic acids is 1. The van der Waals surface area contributed by atoms with Crippen LogP contribution in [0.4, 0.5) is 0 Å². The maximum Gasteiger partial charge on any atom is 0.352 e. The van der Waals surface area contributed by atoms with E-state index in [9.17, 15) is 9.90 Å². The molecule has 20 heavy (non-hydrogen) atoms. The summed E-state index contributed by atoms with van der Waals surface area (Å²) in [5.41, 5.74) is 3.62. The van der Waals surface area contributed by atoms with Crippen LogP contribution in [-0.4, -0.2) is 20.2 Å². The SMILES string of the molecule is Cn1c(C(=O)O)cc2c1c1ccccc1n2CC1CC1. The molecule has 0 amide bonds. The fraction of sp³-hybridized carbons (Fsp3) is 0.312. The third-order valence-electron chi connectivity index (χ3n) is 4.31. The van der Waals surface area contributed by atoms with Crippen LogP contribution in [0.2, 0.25) is 0 Å². The maximum atomic E-state index is 11.3. The Balaban J connectivity index is 2.09. The van der Waals surface area contributed by atoms with Crippen LogP contribution in [0.15, 0.2) is 30.3 Å². The van der Waals surface area contributed by atoms with Gasteiger partial charge >= 0.3 is 5.97 Å². The van der Waals surface area contributed by atoms with E-state index in [0.717, 1.165) is 28.9 Å². The minimum absolute atomic E-state index is 0.352. The van der Waals surface area contributed by atoms with E-state index in [1.54, 1.807) is 10.6 Å². The molecule has 1 aromatic carbocycles. The third-order valence-corrected chi connectivity index (χ3v) is 4.31. The monoisotopic (exact) mass is 268 g/mol. The Labute approximate surface area is 116 Å². The van der Waals surface area contributed by atoms with Crippen molar-refractivity contribution in [3.8, 4) is 0 Å². The minimum Gasteiger partial charge on any atom is -0.477 e. The Morgan fingerprint density at radius 2 is 2.05 bits per heavy atom. The van der Waals surface area contributed by atoms with Gasteiger partial charge in [-0.3, -0.25) is 0 Å². The largest absolute Gasteiger partial charge is 0.477 e. The van der Waals surface area contributed by atoms with Crippen molar-refractivity contribution in [2.75, 3.05) is 0 Å². The number of aryl methyl sites for hydroxylation is 1. The average Bonchev–Trinajstić information content (AvgIpc) is 3.11. The number of carboxylic acids is 1. The number of benzene rings is 1. The molecule has 0 radical (unpaired) electrons. The van der Waals surface area contributed by atoms with Crippen LogP contribution in [0.25, 0.3) is 21.9 Å². The second kappa shape index (κ2) is 3.88. The molecule has 1 aliphatic rings. The van der Waals surface area contributed by atoms with E-state index in [2.05, 4.69) is 16.7 Å². The highest BCUT2D eigenvalue weighted by Crippen LogP contribution is 2.36. The number of hydrogen-bond donors (Lipinski definition) is 1. The molecule has 1 fully saturated rings. The standard InChI is InChI=1S/C16H16N2O2/c1-17-14(16(19)20)8-13-15(17)11-4-2-3-5-12(11)18(13)9-10-6-7-10/h2-5,8,10H,6-7,9H2,1H3,(H,19,20). The van der Waals surface area contributed by atoms with Gasteiger partial charge in [0.2, 0.25) is 0 Å². The normalized spacial score (nSPS) is 15.2. The van der Waals surface area contributed by atoms with Crippen molar-refractivity contribution in [2.24, 2.45) is 13.0 Å². The summed E-state index contributed by atoms with van der Waals surface area (Å²) in [7, 11) is 1.83. The number of rotatable bonds is 3. The molecule has 4 rings (SSSR count). The van der Waals surface area contributed by atoms with Crippen molar-refractivity contribution in [1.29, 1.82) is 0 Å². The van der Waals surface area contributed by atoms with Gasteiger partial charge in [-0.1, -0.05) is 18.2 Å². The maximum absolute atomic E-state index is 11.3. The van der Waals surface area contributed by atoms with Gasteiger partial charge in [0, 0.05) is 19.0 Å². The molecule has 3 aromatic rings. The quantitative estimate of drug-likeness (QED) is 0.792. The summed E-state index contributed by atoms with van der Waals surface area (Å²) in [6.07, 6.45) is 2.57. The second-order valence-corrected chi connectivity index (χ2v) is 5.70. The molecule has 1 aliphatic carbocycles. The Morgan fingerprint density at radius 1 is 1.30 bits per heavy atom. The highest BCUT2D eigenvalue weighted by molar-refractivity contribution is 6.09. The summed E-state index contributed by atoms with van der Waals surface area (Å²) in [6.45, 7) is 0.993. The first-order valence-corrected chi connectivity index (χ1v) is 6.97. The Bertz CT molecular complexity index is 837. The average molecular weight is 268 g/mol. The molecule has 4 nitrogen and oxygen atoms in total. The zero-order chi connectivity index (χ0) is 13.9. The number of nitrogens with zero attached hydrogens (tertiary/aromatic N) is 2. The van der Waals surface area contributed by atoms with Gasteiger partial charge in [-0.05, 0) is 30.9 Å². The lowest BCUT2D eigenvalue weighted by atomic mass is 10.2. The van der Waals surface area contributed by atoms with Gasteiger partial charge in [0.1, 0.15) is 5.69 Å². The van der Waals surface area contributed by atoms with Gasteiger partial charge in [0.15, 0.2) is 0 Å². The summed E-state index contributed by atoms with van der Waals surface area (Å²) in [5, 5.41) is 10.4. The van der Waals surface area contributed by atoms with Crippen molar-refractivity contribution < 1.29 is 9.90 Å². The van der Waals surface area contributed by atoms with E-state index in [0.29, 0.717) is 5.69 Å². The van der Waals surface area contributed by atoms with Crippen LogP contribution >= 0.6 is 0 Å². The van der Waals surface area contributed by atoms with Gasteiger partial charge in [0.25, 0.3) is 0 Å². The highest BCUT2D eigenvalue weighted by atomic mass is 16.4. The molecule has 0 bridgehead atoms. The van der Waals surface area contributed by atoms with Crippen LogP contribution in [0.1, 0.15) is 23.3 Å². The van der Waals surface area contributed by atoms with Crippen LogP contribution in [0.5, 0.6) is 0 Å². The molecule has 0 atom stereocenters. The third kappa shape index (κ3) is 1.51. The summed E-state index contributed by atoms with van der Waals surface area (Å²) < 4.78 is 4.08. The Hall–Kier alpha value is -2.23. The summed E-state index contributed by atoms with van der Waals surface area (Å²) >= 11 is 0. The lowest BCUT2D eigenvalue weighted by molar-refractivity contribution is 0.0687. The number of carboxylic acid groups (broad SMARTS) is 1. The summed E-state index contributed by atoms with van der Waals surface area (Å²) in [5.74, 6) is -0.117. The number of para-hydroxylation sites is 1. The lowest BCUT2D eigenvalue weighted by Crippen LogP contribution is -2.03. The van der Waals surface area contributed by atoms with Gasteiger partial charge in [-0.25, -0.2) is 4.79 Å². The molecule has 1 N–H and O–H groups in total. The van der Waals surface area contributed by atoms with E-state index >= 15 is 0 Å². The fourth-order valence-electron chi connectivity index (χ4n) is 3.11. The number of aromatic nitrogens is 2. The van der Waals surface area contributed by atoms with Crippen molar-refractivity contribution in [3.05, 3.63) is 36.0 Å². The fourth-order valence-corrected chi connectivity index (χ4v) is 3.11. The van der Waals surface area contributed by atoms with Crippen molar-refractivity contribution in [1.82, 2.24) is 9.13 Å². The summed E-state index contributed by atoms with van der Waals surface area (Å²) in [6, 6.07) is 10.1. The smallest absolute Gasteiger partial charge is 0.352 e.